The van der Waals surface area contributed by atoms with Crippen LogP contribution in [0.5, 0.6) is 0 Å². The van der Waals surface area contributed by atoms with E-state index >= 15 is 0 Å². The normalized spacial score (nSPS) is 12.9. The van der Waals surface area contributed by atoms with Crippen LogP contribution in [0.15, 0.2) is 12.3 Å². The van der Waals surface area contributed by atoms with E-state index in [2.05, 4.69) is 10.3 Å². The summed E-state index contributed by atoms with van der Waals surface area (Å²) < 4.78 is 13.3. The molecule has 5 heteroatoms. The molecule has 2 N–H and O–H groups in total. The first kappa shape index (κ1) is 13.2. The summed E-state index contributed by atoms with van der Waals surface area (Å²) in [6.07, 6.45) is 1.53. The molecule has 0 amide bonds. The van der Waals surface area contributed by atoms with Crippen LogP contribution in [0.1, 0.15) is 20.3 Å². The quantitative estimate of drug-likeness (QED) is 0.840. The maximum Gasteiger partial charge on any atom is 0.166 e. The molecule has 1 unspecified atom stereocenters. The van der Waals surface area contributed by atoms with Crippen molar-refractivity contribution in [3.05, 3.63) is 23.1 Å². The molecule has 1 heterocycles. The predicted molar refractivity (Wildman–Crippen MR) is 63.2 cm³/mol. The van der Waals surface area contributed by atoms with Crippen molar-refractivity contribution in [1.29, 1.82) is 0 Å². The highest BCUT2D eigenvalue weighted by molar-refractivity contribution is 6.30. The summed E-state index contributed by atoms with van der Waals surface area (Å²) >= 11 is 5.57. The van der Waals surface area contributed by atoms with Crippen molar-refractivity contribution in [3.8, 4) is 0 Å². The van der Waals surface area contributed by atoms with Crippen LogP contribution in [-0.2, 0) is 0 Å². The fraction of sp³-hybridized carbons (Fsp3) is 0.545. The Hall–Kier alpha value is -0.870. The fourth-order valence-electron chi connectivity index (χ4n) is 1.39. The second-order valence-electron chi connectivity index (χ2n) is 4.15. The number of nitrogens with one attached hydrogen (secondary N) is 1. The van der Waals surface area contributed by atoms with Crippen LogP contribution < -0.4 is 5.32 Å². The van der Waals surface area contributed by atoms with E-state index in [9.17, 15) is 9.50 Å². The Morgan fingerprint density at radius 2 is 2.25 bits per heavy atom. The summed E-state index contributed by atoms with van der Waals surface area (Å²) in [7, 11) is 0. The van der Waals surface area contributed by atoms with Crippen LogP contribution in [0, 0.1) is 11.7 Å². The van der Waals surface area contributed by atoms with Gasteiger partial charge in [-0.05, 0) is 18.4 Å². The van der Waals surface area contributed by atoms with E-state index in [0.717, 1.165) is 0 Å². The molecule has 90 valence electrons. The number of hydrogen-bond donors (Lipinski definition) is 2. The van der Waals surface area contributed by atoms with E-state index in [4.69, 9.17) is 11.6 Å². The van der Waals surface area contributed by atoms with Crippen LogP contribution in [0.25, 0.3) is 0 Å². The number of anilines is 1. The molecule has 0 aliphatic rings. The van der Waals surface area contributed by atoms with Gasteiger partial charge < -0.3 is 10.4 Å². The number of aliphatic hydroxyl groups excluding tert-OH is 1. The Labute approximate surface area is 99.7 Å². The van der Waals surface area contributed by atoms with Gasteiger partial charge in [-0.1, -0.05) is 25.4 Å². The van der Waals surface area contributed by atoms with Gasteiger partial charge in [0.15, 0.2) is 11.6 Å². The molecular weight excluding hydrogens is 231 g/mol. The lowest BCUT2D eigenvalue weighted by Crippen LogP contribution is -2.22. The summed E-state index contributed by atoms with van der Waals surface area (Å²) in [5.41, 5.74) is 0. The standard InChI is InChI=1S/C11H16ClFN2O/c1-7(2)3-9(16)6-15-11-10(13)4-8(12)5-14-11/h4-5,7,9,16H,3,6H2,1-2H3,(H,14,15). The van der Waals surface area contributed by atoms with E-state index < -0.39 is 11.9 Å². The maximum absolute atomic E-state index is 13.3. The molecule has 0 saturated carbocycles. The largest absolute Gasteiger partial charge is 0.391 e. The molecule has 1 rings (SSSR count). The first-order valence-corrected chi connectivity index (χ1v) is 5.59. The number of aliphatic hydroxyl groups is 1. The third-order valence-corrected chi connectivity index (χ3v) is 2.26. The number of nitrogens with zero attached hydrogens (tertiary/aromatic N) is 1. The fourth-order valence-corrected chi connectivity index (χ4v) is 1.53. The van der Waals surface area contributed by atoms with Crippen molar-refractivity contribution >= 4 is 17.4 Å². The average molecular weight is 247 g/mol. The topological polar surface area (TPSA) is 45.1 Å². The Kier molecular flexibility index (Phi) is 4.96. The monoisotopic (exact) mass is 246 g/mol. The SMILES string of the molecule is CC(C)CC(O)CNc1ncc(Cl)cc1F. The molecule has 0 bridgehead atoms. The third-order valence-electron chi connectivity index (χ3n) is 2.06. The van der Waals surface area contributed by atoms with Crippen LogP contribution in [0.2, 0.25) is 5.02 Å². The van der Waals surface area contributed by atoms with E-state index in [1.165, 1.54) is 12.3 Å². The van der Waals surface area contributed by atoms with Crippen molar-refractivity contribution in [3.63, 3.8) is 0 Å². The summed E-state index contributed by atoms with van der Waals surface area (Å²) in [6.45, 7) is 4.32. The Bertz CT molecular complexity index is 347. The molecule has 1 aromatic rings. The van der Waals surface area contributed by atoms with E-state index in [-0.39, 0.29) is 17.4 Å². The van der Waals surface area contributed by atoms with Crippen molar-refractivity contribution in [2.45, 2.75) is 26.4 Å². The molecule has 16 heavy (non-hydrogen) atoms. The second kappa shape index (κ2) is 6.01. The van der Waals surface area contributed by atoms with Crippen molar-refractivity contribution < 1.29 is 9.50 Å². The van der Waals surface area contributed by atoms with Gasteiger partial charge in [-0.2, -0.15) is 0 Å². The predicted octanol–water partition coefficient (Wildman–Crippen LogP) is 2.69. The van der Waals surface area contributed by atoms with Crippen LogP contribution in [0.3, 0.4) is 0 Å². The molecule has 1 aromatic heterocycles. The van der Waals surface area contributed by atoms with Gasteiger partial charge in [-0.3, -0.25) is 0 Å². The number of halogens is 2. The minimum absolute atomic E-state index is 0.118. The van der Waals surface area contributed by atoms with Gasteiger partial charge in [0.25, 0.3) is 0 Å². The molecule has 0 spiro atoms. The van der Waals surface area contributed by atoms with E-state index in [0.29, 0.717) is 12.3 Å². The first-order chi connectivity index (χ1) is 7.49. The Morgan fingerprint density at radius 1 is 1.56 bits per heavy atom. The highest BCUT2D eigenvalue weighted by Crippen LogP contribution is 2.15. The summed E-state index contributed by atoms with van der Waals surface area (Å²) in [4.78, 5) is 3.80. The molecule has 0 aliphatic heterocycles. The zero-order valence-electron chi connectivity index (χ0n) is 9.37. The van der Waals surface area contributed by atoms with Gasteiger partial charge in [0.2, 0.25) is 0 Å². The van der Waals surface area contributed by atoms with Gasteiger partial charge in [-0.25, -0.2) is 9.37 Å². The zero-order chi connectivity index (χ0) is 12.1. The second-order valence-corrected chi connectivity index (χ2v) is 4.58. The van der Waals surface area contributed by atoms with E-state index in [1.807, 2.05) is 13.8 Å². The summed E-state index contributed by atoms with van der Waals surface area (Å²) in [6, 6.07) is 1.19. The van der Waals surface area contributed by atoms with Gasteiger partial charge in [0.1, 0.15) is 0 Å². The molecule has 0 saturated heterocycles. The van der Waals surface area contributed by atoms with Gasteiger partial charge in [0, 0.05) is 12.7 Å². The lowest BCUT2D eigenvalue weighted by atomic mass is 10.1. The molecule has 1 atom stereocenters. The molecular formula is C11H16ClFN2O. The highest BCUT2D eigenvalue weighted by Gasteiger charge is 2.09. The third kappa shape index (κ3) is 4.33. The van der Waals surface area contributed by atoms with Crippen molar-refractivity contribution in [2.75, 3.05) is 11.9 Å². The number of pyridine rings is 1. The maximum atomic E-state index is 13.3. The van der Waals surface area contributed by atoms with Crippen LogP contribution in [0.4, 0.5) is 10.2 Å². The van der Waals surface area contributed by atoms with Crippen LogP contribution in [-0.4, -0.2) is 22.7 Å². The molecule has 0 radical (unpaired) electrons. The van der Waals surface area contributed by atoms with Crippen molar-refractivity contribution in [2.24, 2.45) is 5.92 Å². The Balaban J connectivity index is 2.48. The summed E-state index contributed by atoms with van der Waals surface area (Å²) in [5.74, 6) is 0.0104. The minimum Gasteiger partial charge on any atom is -0.391 e. The van der Waals surface area contributed by atoms with Crippen LogP contribution >= 0.6 is 11.6 Å². The number of aromatic nitrogens is 1. The lowest BCUT2D eigenvalue weighted by Gasteiger charge is -2.14. The number of rotatable bonds is 5. The Morgan fingerprint density at radius 3 is 2.81 bits per heavy atom. The average Bonchev–Trinajstić information content (AvgIpc) is 2.15. The van der Waals surface area contributed by atoms with Gasteiger partial charge in [0.05, 0.1) is 11.1 Å². The zero-order valence-corrected chi connectivity index (χ0v) is 10.1. The highest BCUT2D eigenvalue weighted by atomic mass is 35.5. The molecule has 3 nitrogen and oxygen atoms in total. The smallest absolute Gasteiger partial charge is 0.166 e. The molecule has 0 aliphatic carbocycles. The lowest BCUT2D eigenvalue weighted by molar-refractivity contribution is 0.161. The van der Waals surface area contributed by atoms with Gasteiger partial charge in [-0.15, -0.1) is 0 Å². The van der Waals surface area contributed by atoms with Crippen molar-refractivity contribution in [1.82, 2.24) is 4.98 Å². The number of hydrogen-bond acceptors (Lipinski definition) is 3. The summed E-state index contributed by atoms with van der Waals surface area (Å²) in [5, 5.41) is 12.6. The first-order valence-electron chi connectivity index (χ1n) is 5.22. The van der Waals surface area contributed by atoms with E-state index in [1.54, 1.807) is 0 Å². The minimum atomic E-state index is -0.510. The van der Waals surface area contributed by atoms with Gasteiger partial charge >= 0.3 is 0 Å². The molecule has 0 aromatic carbocycles. The molecule has 0 fully saturated rings.